The smallest absolute Gasteiger partial charge is 0.205 e. The molecular formula is C25H28N6. The predicted molar refractivity (Wildman–Crippen MR) is 122 cm³/mol. The molecular weight excluding hydrogens is 384 g/mol. The van der Waals surface area contributed by atoms with E-state index in [0.717, 1.165) is 42.5 Å². The van der Waals surface area contributed by atoms with E-state index in [2.05, 4.69) is 69.4 Å². The first-order valence-electron chi connectivity index (χ1n) is 11.2. The van der Waals surface area contributed by atoms with Gasteiger partial charge in [-0.05, 0) is 47.6 Å². The van der Waals surface area contributed by atoms with Gasteiger partial charge in [0.1, 0.15) is 5.82 Å². The number of nitrogens with zero attached hydrogens (tertiary/aromatic N) is 5. The molecule has 0 spiro atoms. The van der Waals surface area contributed by atoms with E-state index in [1.807, 2.05) is 18.2 Å². The Bertz CT molecular complexity index is 1160. The standard InChI is InChI=1S/C25H28N6/c1-3-7-23-26-24-17(2)8-6-11-22(24)31(23)16-18-12-14-19(15-13-18)20-9-4-5-10-21(20)25-27-29-30-28-25/h4-5,9-10,12-15,17H,3,6-8,11,16H2,1-2H3,(H,27,28,29,30). The highest BCUT2D eigenvalue weighted by molar-refractivity contribution is 5.80. The first kappa shape index (κ1) is 19.7. The summed E-state index contributed by atoms with van der Waals surface area (Å²) in [6.07, 6.45) is 5.82. The second kappa shape index (κ2) is 8.46. The monoisotopic (exact) mass is 412 g/mol. The topological polar surface area (TPSA) is 72.3 Å². The molecule has 1 aliphatic carbocycles. The Kier molecular flexibility index (Phi) is 5.37. The number of hydrogen-bond acceptors (Lipinski definition) is 4. The van der Waals surface area contributed by atoms with Crippen molar-refractivity contribution in [2.45, 2.75) is 58.4 Å². The molecule has 6 heteroatoms. The summed E-state index contributed by atoms with van der Waals surface area (Å²) in [7, 11) is 0. The zero-order chi connectivity index (χ0) is 21.2. The van der Waals surface area contributed by atoms with Crippen molar-refractivity contribution in [2.24, 2.45) is 0 Å². The molecule has 1 unspecified atom stereocenters. The maximum absolute atomic E-state index is 5.06. The SMILES string of the molecule is CCCc1nc2c(n1Cc1ccc(-c3ccccc3-c3nn[nH]n3)cc1)CCCC2C. The summed E-state index contributed by atoms with van der Waals surface area (Å²) in [6, 6.07) is 17.0. The largest absolute Gasteiger partial charge is 0.327 e. The number of aromatic nitrogens is 6. The van der Waals surface area contributed by atoms with Crippen LogP contribution in [0, 0.1) is 0 Å². The van der Waals surface area contributed by atoms with Crippen molar-refractivity contribution in [1.82, 2.24) is 30.2 Å². The van der Waals surface area contributed by atoms with Crippen molar-refractivity contribution in [1.29, 1.82) is 0 Å². The van der Waals surface area contributed by atoms with E-state index in [1.165, 1.54) is 35.6 Å². The summed E-state index contributed by atoms with van der Waals surface area (Å²) in [4.78, 5) is 5.06. The molecule has 0 saturated heterocycles. The van der Waals surface area contributed by atoms with E-state index >= 15 is 0 Å². The minimum atomic E-state index is 0.574. The molecule has 2 aromatic heterocycles. The normalized spacial score (nSPS) is 15.7. The van der Waals surface area contributed by atoms with Crippen LogP contribution in [0.4, 0.5) is 0 Å². The first-order chi connectivity index (χ1) is 15.2. The average molecular weight is 413 g/mol. The molecule has 1 aliphatic rings. The zero-order valence-corrected chi connectivity index (χ0v) is 18.2. The molecule has 4 aromatic rings. The van der Waals surface area contributed by atoms with E-state index in [1.54, 1.807) is 0 Å². The Morgan fingerprint density at radius 2 is 1.87 bits per heavy atom. The number of aromatic amines is 1. The van der Waals surface area contributed by atoms with Gasteiger partial charge in [-0.3, -0.25) is 0 Å². The van der Waals surface area contributed by atoms with Crippen molar-refractivity contribution in [3.8, 4) is 22.5 Å². The predicted octanol–water partition coefficient (Wildman–Crippen LogP) is 5.17. The first-order valence-corrected chi connectivity index (χ1v) is 11.2. The molecule has 5 rings (SSSR count). The number of fused-ring (bicyclic) bond motifs is 1. The fourth-order valence-corrected chi connectivity index (χ4v) is 4.71. The molecule has 1 N–H and O–H groups in total. The van der Waals surface area contributed by atoms with Gasteiger partial charge in [-0.25, -0.2) is 4.98 Å². The Morgan fingerprint density at radius 1 is 1.06 bits per heavy atom. The molecule has 2 heterocycles. The molecule has 0 bridgehead atoms. The molecule has 31 heavy (non-hydrogen) atoms. The lowest BCUT2D eigenvalue weighted by molar-refractivity contribution is 0.555. The maximum atomic E-state index is 5.06. The van der Waals surface area contributed by atoms with Gasteiger partial charge in [0.2, 0.25) is 5.82 Å². The fraction of sp³-hybridized carbons (Fsp3) is 0.360. The Hall–Kier alpha value is -3.28. The van der Waals surface area contributed by atoms with Crippen molar-refractivity contribution >= 4 is 0 Å². The van der Waals surface area contributed by atoms with Gasteiger partial charge in [0, 0.05) is 30.1 Å². The van der Waals surface area contributed by atoms with E-state index in [0.29, 0.717) is 11.7 Å². The number of nitrogens with one attached hydrogen (secondary N) is 1. The van der Waals surface area contributed by atoms with Crippen molar-refractivity contribution in [3.05, 3.63) is 71.3 Å². The number of benzene rings is 2. The van der Waals surface area contributed by atoms with Gasteiger partial charge in [-0.15, -0.1) is 10.2 Å². The van der Waals surface area contributed by atoms with Crippen LogP contribution in [0.5, 0.6) is 0 Å². The second-order valence-corrected chi connectivity index (χ2v) is 8.47. The lowest BCUT2D eigenvalue weighted by Gasteiger charge is -2.20. The molecule has 2 aromatic carbocycles. The Balaban J connectivity index is 1.45. The molecule has 0 saturated carbocycles. The highest BCUT2D eigenvalue weighted by atomic mass is 15.5. The second-order valence-electron chi connectivity index (χ2n) is 8.47. The van der Waals surface area contributed by atoms with Crippen LogP contribution >= 0.6 is 0 Å². The van der Waals surface area contributed by atoms with Crippen molar-refractivity contribution in [3.63, 3.8) is 0 Å². The molecule has 0 aliphatic heterocycles. The summed E-state index contributed by atoms with van der Waals surface area (Å²) in [5.74, 6) is 2.43. The summed E-state index contributed by atoms with van der Waals surface area (Å²) in [5.41, 5.74) is 7.33. The summed E-state index contributed by atoms with van der Waals surface area (Å²) in [5, 5.41) is 14.6. The molecule has 1 atom stereocenters. The van der Waals surface area contributed by atoms with Gasteiger partial charge >= 0.3 is 0 Å². The lowest BCUT2D eigenvalue weighted by Crippen LogP contribution is -2.13. The molecule has 0 amide bonds. The maximum Gasteiger partial charge on any atom is 0.205 e. The third kappa shape index (κ3) is 3.78. The number of hydrogen-bond donors (Lipinski definition) is 1. The van der Waals surface area contributed by atoms with Crippen LogP contribution in [0.1, 0.15) is 61.8 Å². The lowest BCUT2D eigenvalue weighted by atomic mass is 9.91. The highest BCUT2D eigenvalue weighted by Crippen LogP contribution is 2.33. The number of tetrazole rings is 1. The van der Waals surface area contributed by atoms with E-state index in [9.17, 15) is 0 Å². The molecule has 0 fully saturated rings. The van der Waals surface area contributed by atoms with E-state index in [4.69, 9.17) is 4.98 Å². The van der Waals surface area contributed by atoms with Gasteiger partial charge in [0.05, 0.1) is 5.69 Å². The van der Waals surface area contributed by atoms with Crippen LogP contribution in [0.25, 0.3) is 22.5 Å². The van der Waals surface area contributed by atoms with Gasteiger partial charge in [0.15, 0.2) is 0 Å². The summed E-state index contributed by atoms with van der Waals surface area (Å²) in [6.45, 7) is 5.44. The van der Waals surface area contributed by atoms with Crippen molar-refractivity contribution < 1.29 is 0 Å². The van der Waals surface area contributed by atoms with Gasteiger partial charge in [0.25, 0.3) is 0 Å². The number of imidazole rings is 1. The summed E-state index contributed by atoms with van der Waals surface area (Å²) >= 11 is 0. The van der Waals surface area contributed by atoms with Gasteiger partial charge < -0.3 is 4.57 Å². The van der Waals surface area contributed by atoms with Crippen LogP contribution < -0.4 is 0 Å². The average Bonchev–Trinajstić information content (AvgIpc) is 3.45. The highest BCUT2D eigenvalue weighted by Gasteiger charge is 2.24. The zero-order valence-electron chi connectivity index (χ0n) is 18.2. The fourth-order valence-electron chi connectivity index (χ4n) is 4.71. The minimum Gasteiger partial charge on any atom is -0.327 e. The number of aryl methyl sites for hydroxylation is 1. The van der Waals surface area contributed by atoms with Crippen molar-refractivity contribution in [2.75, 3.05) is 0 Å². The van der Waals surface area contributed by atoms with Gasteiger partial charge in [-0.1, -0.05) is 62.4 Å². The van der Waals surface area contributed by atoms with Crippen LogP contribution in [-0.4, -0.2) is 30.2 Å². The molecule has 6 nitrogen and oxygen atoms in total. The number of H-pyrrole nitrogens is 1. The minimum absolute atomic E-state index is 0.574. The van der Waals surface area contributed by atoms with Crippen LogP contribution in [0.2, 0.25) is 0 Å². The Labute approximate surface area is 182 Å². The van der Waals surface area contributed by atoms with Crippen LogP contribution in [-0.2, 0) is 19.4 Å². The van der Waals surface area contributed by atoms with E-state index < -0.39 is 0 Å². The quantitative estimate of drug-likeness (QED) is 0.474. The van der Waals surface area contributed by atoms with Gasteiger partial charge in [-0.2, -0.15) is 5.21 Å². The Morgan fingerprint density at radius 3 is 2.61 bits per heavy atom. The van der Waals surface area contributed by atoms with Crippen LogP contribution in [0.3, 0.4) is 0 Å². The third-order valence-corrected chi connectivity index (χ3v) is 6.29. The number of rotatable bonds is 6. The van der Waals surface area contributed by atoms with Crippen LogP contribution in [0.15, 0.2) is 48.5 Å². The summed E-state index contributed by atoms with van der Waals surface area (Å²) < 4.78 is 2.48. The molecule has 158 valence electrons. The third-order valence-electron chi connectivity index (χ3n) is 6.29. The van der Waals surface area contributed by atoms with E-state index in [-0.39, 0.29) is 0 Å². The molecule has 0 radical (unpaired) electrons.